The molecule has 0 saturated heterocycles. The number of hydrogen-bond acceptors (Lipinski definition) is 4. The summed E-state index contributed by atoms with van der Waals surface area (Å²) >= 11 is 0. The highest BCUT2D eigenvalue weighted by atomic mass is 31.2. The van der Waals surface area contributed by atoms with Gasteiger partial charge in [-0.3, -0.25) is 14.2 Å². The Kier molecular flexibility index (Phi) is 7.47. The van der Waals surface area contributed by atoms with Crippen molar-refractivity contribution < 1.29 is 33.7 Å². The highest BCUT2D eigenvalue weighted by molar-refractivity contribution is 7.62. The molecule has 1 aliphatic rings. The van der Waals surface area contributed by atoms with Gasteiger partial charge in [0.1, 0.15) is 12.2 Å². The minimum absolute atomic E-state index is 0.0791. The molecular weight excluding hydrogens is 422 g/mol. The molecule has 0 fully saturated rings. The molecule has 0 amide bonds. The summed E-state index contributed by atoms with van der Waals surface area (Å²) in [4.78, 5) is 32.6. The molecule has 0 heterocycles. The number of rotatable bonds is 8. The first-order chi connectivity index (χ1) is 14.2. The lowest BCUT2D eigenvalue weighted by Crippen LogP contribution is -2.30. The predicted octanol–water partition coefficient (Wildman–Crippen LogP) is 4.75. The number of allylic oxidation sites excluding steroid dienone is 3. The van der Waals surface area contributed by atoms with Crippen LogP contribution in [-0.2, 0) is 20.8 Å². The second-order valence-electron chi connectivity index (χ2n) is 9.60. The van der Waals surface area contributed by atoms with E-state index in [1.807, 2.05) is 13.8 Å². The number of aliphatic hydroxyl groups is 1. The van der Waals surface area contributed by atoms with Crippen molar-refractivity contribution >= 4 is 24.7 Å². The summed E-state index contributed by atoms with van der Waals surface area (Å²) in [5.74, 6) is -1.56. The third-order valence-corrected chi connectivity index (χ3v) is 6.84. The molecule has 3 N–H and O–H groups in total. The summed E-state index contributed by atoms with van der Waals surface area (Å²) in [6.07, 6.45) is 1.44. The third-order valence-electron chi connectivity index (χ3n) is 5.42. The van der Waals surface area contributed by atoms with Gasteiger partial charge in [-0.15, -0.1) is 0 Å². The lowest BCUT2D eigenvalue weighted by molar-refractivity contribution is -0.139. The van der Waals surface area contributed by atoms with Crippen molar-refractivity contribution in [2.45, 2.75) is 53.6 Å². The van der Waals surface area contributed by atoms with Gasteiger partial charge in [-0.1, -0.05) is 39.8 Å². The normalized spacial score (nSPS) is 20.0. The Labute approximate surface area is 181 Å². The van der Waals surface area contributed by atoms with E-state index in [2.05, 4.69) is 13.8 Å². The fourth-order valence-electron chi connectivity index (χ4n) is 4.52. The molecule has 6 nitrogen and oxygen atoms in total. The predicted molar refractivity (Wildman–Crippen MR) is 117 cm³/mol. The first-order valence-corrected chi connectivity index (χ1v) is 11.9. The molecule has 1 unspecified atom stereocenters. The lowest BCUT2D eigenvalue weighted by atomic mass is 9.61. The molecule has 1 atom stereocenters. The van der Waals surface area contributed by atoms with Gasteiger partial charge in [-0.05, 0) is 52.5 Å². The summed E-state index contributed by atoms with van der Waals surface area (Å²) in [6.45, 7) is 7.83. The second-order valence-corrected chi connectivity index (χ2v) is 11.7. The first-order valence-electron chi connectivity index (χ1n) is 10.0. The van der Waals surface area contributed by atoms with E-state index < -0.39 is 44.1 Å². The van der Waals surface area contributed by atoms with E-state index in [-0.39, 0.29) is 16.4 Å². The zero-order chi connectivity index (χ0) is 23.6. The topological polar surface area (TPSA) is 112 Å². The highest BCUT2D eigenvalue weighted by Crippen LogP contribution is 2.53. The molecule has 0 radical (unpaired) electrons. The van der Waals surface area contributed by atoms with E-state index in [0.29, 0.717) is 6.42 Å². The van der Waals surface area contributed by atoms with E-state index in [9.17, 15) is 28.5 Å². The number of carboxylic acids is 1. The molecule has 0 saturated carbocycles. The molecule has 8 heteroatoms. The van der Waals surface area contributed by atoms with E-state index in [1.165, 1.54) is 6.07 Å². The van der Waals surface area contributed by atoms with Crippen LogP contribution in [0.3, 0.4) is 0 Å². The van der Waals surface area contributed by atoms with Crippen LogP contribution >= 0.6 is 7.37 Å². The molecule has 0 aliphatic heterocycles. The fourth-order valence-corrected chi connectivity index (χ4v) is 5.63. The minimum atomic E-state index is -4.03. The number of aliphatic carboxylic acids is 1. The van der Waals surface area contributed by atoms with Crippen molar-refractivity contribution in [2.24, 2.45) is 10.8 Å². The summed E-state index contributed by atoms with van der Waals surface area (Å²) in [5.41, 5.74) is 2.10. The van der Waals surface area contributed by atoms with Crippen LogP contribution in [-0.4, -0.2) is 33.0 Å². The quantitative estimate of drug-likeness (QED) is 0.388. The van der Waals surface area contributed by atoms with Gasteiger partial charge in [0.05, 0.1) is 12.8 Å². The van der Waals surface area contributed by atoms with Crippen LogP contribution in [0, 0.1) is 16.6 Å². The van der Waals surface area contributed by atoms with Crippen molar-refractivity contribution in [3.8, 4) is 0 Å². The number of benzene rings is 1. The largest absolute Gasteiger partial charge is 0.481 e. The minimum Gasteiger partial charge on any atom is -0.481 e. The van der Waals surface area contributed by atoms with E-state index in [4.69, 9.17) is 5.11 Å². The van der Waals surface area contributed by atoms with Crippen LogP contribution in [0.5, 0.6) is 0 Å². The molecule has 0 bridgehead atoms. The van der Waals surface area contributed by atoms with Gasteiger partial charge in [0, 0.05) is 11.4 Å². The second kappa shape index (κ2) is 9.19. The Morgan fingerprint density at radius 2 is 1.87 bits per heavy atom. The van der Waals surface area contributed by atoms with Crippen molar-refractivity contribution in [3.05, 3.63) is 52.6 Å². The lowest BCUT2D eigenvalue weighted by Gasteiger charge is -2.43. The maximum Gasteiger partial charge on any atom is 0.310 e. The van der Waals surface area contributed by atoms with Crippen LogP contribution in [0.25, 0.3) is 5.57 Å². The van der Waals surface area contributed by atoms with Gasteiger partial charge in [-0.25, -0.2) is 4.39 Å². The molecule has 31 heavy (non-hydrogen) atoms. The van der Waals surface area contributed by atoms with Crippen LogP contribution in [0.15, 0.2) is 35.7 Å². The van der Waals surface area contributed by atoms with E-state index in [1.54, 1.807) is 18.2 Å². The van der Waals surface area contributed by atoms with Gasteiger partial charge in [0.15, 0.2) is 5.78 Å². The number of hydrogen-bond donors (Lipinski definition) is 3. The van der Waals surface area contributed by atoms with Crippen LogP contribution in [0.1, 0.15) is 58.1 Å². The number of aliphatic hydroxyl groups excluding tert-OH is 1. The van der Waals surface area contributed by atoms with Crippen molar-refractivity contribution in [3.63, 3.8) is 0 Å². The number of ketones is 1. The standard InChI is InChI=1S/C23H30FO6P/c1-22(2)11-18(15-5-6-20(24)16(9-15)12-25)19(23(3,4)14-22)7-8-31(29,30)13-17(26)10-21(27)28/h5-9,25H,10-14H2,1-4H3,(H,27,28)(H,29,30). The van der Waals surface area contributed by atoms with Gasteiger partial charge in [0.2, 0.25) is 7.37 Å². The Bertz CT molecular complexity index is 990. The number of halogens is 1. The third kappa shape index (κ3) is 6.70. The number of carbonyl (C=O) groups excluding carboxylic acids is 1. The van der Waals surface area contributed by atoms with E-state index in [0.717, 1.165) is 28.9 Å². The van der Waals surface area contributed by atoms with Crippen LogP contribution < -0.4 is 0 Å². The molecule has 0 spiro atoms. The monoisotopic (exact) mass is 452 g/mol. The summed E-state index contributed by atoms with van der Waals surface area (Å²) in [6, 6.07) is 4.51. The summed E-state index contributed by atoms with van der Waals surface area (Å²) in [7, 11) is -4.03. The smallest absolute Gasteiger partial charge is 0.310 e. The van der Waals surface area contributed by atoms with Gasteiger partial charge < -0.3 is 15.1 Å². The Hall–Kier alpha value is -2.08. The van der Waals surface area contributed by atoms with Crippen LogP contribution in [0.2, 0.25) is 0 Å². The van der Waals surface area contributed by atoms with Crippen molar-refractivity contribution in [1.29, 1.82) is 0 Å². The molecule has 0 aromatic heterocycles. The van der Waals surface area contributed by atoms with Gasteiger partial charge >= 0.3 is 5.97 Å². The molecule has 2 rings (SSSR count). The Morgan fingerprint density at radius 3 is 2.45 bits per heavy atom. The van der Waals surface area contributed by atoms with Gasteiger partial charge in [0.25, 0.3) is 0 Å². The SMILES string of the molecule is CC1(C)CC(c2ccc(F)c(CO)c2)=C(C=CP(=O)(O)CC(=O)CC(=O)O)C(C)(C)C1. The Morgan fingerprint density at radius 1 is 1.23 bits per heavy atom. The van der Waals surface area contributed by atoms with Gasteiger partial charge in [-0.2, -0.15) is 0 Å². The maximum absolute atomic E-state index is 13.9. The fraction of sp³-hybridized carbons (Fsp3) is 0.478. The van der Waals surface area contributed by atoms with E-state index >= 15 is 0 Å². The van der Waals surface area contributed by atoms with Crippen LogP contribution in [0.4, 0.5) is 4.39 Å². The maximum atomic E-state index is 13.9. The average Bonchev–Trinajstić information content (AvgIpc) is 2.57. The highest BCUT2D eigenvalue weighted by Gasteiger charge is 2.39. The molecule has 1 aromatic rings. The number of carbonyl (C=O) groups is 2. The summed E-state index contributed by atoms with van der Waals surface area (Å²) in [5, 5.41) is 18.1. The Balaban J connectivity index is 2.54. The average molecular weight is 452 g/mol. The molecule has 1 aromatic carbocycles. The molecular formula is C23H30FO6P. The van der Waals surface area contributed by atoms with Crippen molar-refractivity contribution in [2.75, 3.05) is 6.16 Å². The number of carboxylic acid groups (broad SMARTS) is 1. The molecule has 170 valence electrons. The number of Topliss-reactive ketones (excluding diaryl/α,β-unsaturated/α-hetero) is 1. The molecule has 1 aliphatic carbocycles. The zero-order valence-corrected chi connectivity index (χ0v) is 19.2. The first kappa shape index (κ1) is 25.2. The zero-order valence-electron chi connectivity index (χ0n) is 18.3. The van der Waals surface area contributed by atoms with Crippen molar-refractivity contribution in [1.82, 2.24) is 0 Å². The summed E-state index contributed by atoms with van der Waals surface area (Å²) < 4.78 is 26.4.